The maximum absolute atomic E-state index is 9.66. The van der Waals surface area contributed by atoms with Gasteiger partial charge in [-0.3, -0.25) is 0 Å². The van der Waals surface area contributed by atoms with E-state index in [1.54, 1.807) is 0 Å². The van der Waals surface area contributed by atoms with Crippen LogP contribution in [0.5, 0.6) is 0 Å². The Morgan fingerprint density at radius 1 is 1.10 bits per heavy atom. The monoisotopic (exact) mass is 293 g/mol. The molecule has 116 valence electrons. The molecule has 20 heavy (non-hydrogen) atoms. The van der Waals surface area contributed by atoms with Crippen LogP contribution < -0.4 is 0 Å². The molecule has 0 aliphatic carbocycles. The zero-order chi connectivity index (χ0) is 15.0. The topological polar surface area (TPSA) is 157 Å². The molecule has 4 N–H and O–H groups in total. The van der Waals surface area contributed by atoms with Gasteiger partial charge in [0.15, 0.2) is 6.29 Å². The van der Waals surface area contributed by atoms with Gasteiger partial charge in [0, 0.05) is 11.5 Å². The van der Waals surface area contributed by atoms with E-state index in [2.05, 4.69) is 10.0 Å². The van der Waals surface area contributed by atoms with E-state index in [1.165, 1.54) is 0 Å². The molecule has 1 aliphatic heterocycles. The Balaban J connectivity index is 2.26. The van der Waals surface area contributed by atoms with Crippen molar-refractivity contribution in [3.8, 4) is 0 Å². The fourth-order valence-corrected chi connectivity index (χ4v) is 1.68. The largest absolute Gasteiger partial charge is 0.394 e. The van der Waals surface area contributed by atoms with Crippen LogP contribution >= 0.6 is 0 Å². The van der Waals surface area contributed by atoms with Crippen molar-refractivity contribution in [3.05, 3.63) is 10.4 Å². The van der Waals surface area contributed by atoms with E-state index >= 15 is 0 Å². The number of aliphatic hydroxyl groups is 4. The maximum Gasteiger partial charge on any atom is 0.186 e. The van der Waals surface area contributed by atoms with Crippen LogP contribution in [0.25, 0.3) is 10.4 Å². The highest BCUT2D eigenvalue weighted by Crippen LogP contribution is 2.21. The molecular weight excluding hydrogens is 274 g/mol. The zero-order valence-electron chi connectivity index (χ0n) is 10.8. The average Bonchev–Trinajstić information content (AvgIpc) is 2.46. The Bertz CT molecular complexity index is 324. The van der Waals surface area contributed by atoms with Crippen LogP contribution in [0.2, 0.25) is 0 Å². The third-order valence-corrected chi connectivity index (χ3v) is 2.76. The highest BCUT2D eigenvalue weighted by molar-refractivity contribution is 4.88. The van der Waals surface area contributed by atoms with Crippen LogP contribution in [0.1, 0.15) is 0 Å². The van der Waals surface area contributed by atoms with Crippen molar-refractivity contribution in [2.75, 3.05) is 33.0 Å². The van der Waals surface area contributed by atoms with Crippen LogP contribution in [-0.2, 0) is 14.2 Å². The predicted octanol–water partition coefficient (Wildman–Crippen LogP) is -1.87. The lowest BCUT2D eigenvalue weighted by Crippen LogP contribution is -2.59. The van der Waals surface area contributed by atoms with Crippen molar-refractivity contribution in [1.82, 2.24) is 0 Å². The quantitative estimate of drug-likeness (QED) is 0.177. The molecular formula is C10H19N3O7. The maximum atomic E-state index is 9.66. The lowest BCUT2D eigenvalue weighted by molar-refractivity contribution is -0.302. The molecule has 0 aromatic heterocycles. The Hall–Kier alpha value is -0.970. The molecule has 0 spiro atoms. The number of hydrogen-bond donors (Lipinski definition) is 4. The first-order valence-corrected chi connectivity index (χ1v) is 6.12. The van der Waals surface area contributed by atoms with Gasteiger partial charge in [-0.05, 0) is 5.53 Å². The zero-order valence-corrected chi connectivity index (χ0v) is 10.8. The van der Waals surface area contributed by atoms with Gasteiger partial charge in [0.2, 0.25) is 0 Å². The third-order valence-electron chi connectivity index (χ3n) is 2.76. The van der Waals surface area contributed by atoms with Gasteiger partial charge in [0.1, 0.15) is 24.4 Å². The first-order valence-electron chi connectivity index (χ1n) is 6.12. The minimum Gasteiger partial charge on any atom is -0.394 e. The number of nitrogens with zero attached hydrogens (tertiary/aromatic N) is 3. The van der Waals surface area contributed by atoms with Gasteiger partial charge in [-0.2, -0.15) is 0 Å². The van der Waals surface area contributed by atoms with E-state index in [9.17, 15) is 15.3 Å². The first kappa shape index (κ1) is 17.1. The number of aliphatic hydroxyl groups excluding tert-OH is 4. The van der Waals surface area contributed by atoms with Crippen molar-refractivity contribution >= 4 is 0 Å². The SMILES string of the molecule is [N-]=[N+]=NCCOCCO[C@H]1OC(CO)[C@@H](O)C(O)[C@H]1O. The van der Waals surface area contributed by atoms with Gasteiger partial charge in [-0.1, -0.05) is 5.11 Å². The second kappa shape index (κ2) is 9.06. The summed E-state index contributed by atoms with van der Waals surface area (Å²) in [4.78, 5) is 2.56. The molecule has 1 saturated heterocycles. The molecule has 1 aliphatic rings. The lowest BCUT2D eigenvalue weighted by Gasteiger charge is -2.39. The summed E-state index contributed by atoms with van der Waals surface area (Å²) in [6.07, 6.45) is -6.45. The highest BCUT2D eigenvalue weighted by atomic mass is 16.7. The molecule has 5 atom stereocenters. The summed E-state index contributed by atoms with van der Waals surface area (Å²) in [5.74, 6) is 0. The van der Waals surface area contributed by atoms with E-state index in [1.807, 2.05) is 0 Å². The van der Waals surface area contributed by atoms with Gasteiger partial charge in [-0.15, -0.1) is 0 Å². The Labute approximate surface area is 115 Å². The van der Waals surface area contributed by atoms with E-state index in [4.69, 9.17) is 24.8 Å². The molecule has 1 fully saturated rings. The Kier molecular flexibility index (Phi) is 7.73. The van der Waals surface area contributed by atoms with Crippen molar-refractivity contribution < 1.29 is 34.6 Å². The molecule has 0 bridgehead atoms. The molecule has 0 aromatic carbocycles. The molecule has 1 rings (SSSR count). The number of hydrogen-bond acceptors (Lipinski definition) is 8. The van der Waals surface area contributed by atoms with Crippen molar-refractivity contribution in [2.45, 2.75) is 30.7 Å². The van der Waals surface area contributed by atoms with Crippen LogP contribution in [0.15, 0.2) is 5.11 Å². The number of azide groups is 1. The summed E-state index contributed by atoms with van der Waals surface area (Å²) in [6.45, 7) is 0.182. The van der Waals surface area contributed by atoms with Gasteiger partial charge >= 0.3 is 0 Å². The van der Waals surface area contributed by atoms with Gasteiger partial charge in [0.25, 0.3) is 0 Å². The first-order chi connectivity index (χ1) is 9.61. The van der Waals surface area contributed by atoms with Gasteiger partial charge in [-0.25, -0.2) is 0 Å². The predicted molar refractivity (Wildman–Crippen MR) is 64.6 cm³/mol. The fourth-order valence-electron chi connectivity index (χ4n) is 1.68. The molecule has 1 heterocycles. The lowest BCUT2D eigenvalue weighted by atomic mass is 9.99. The van der Waals surface area contributed by atoms with E-state index in [0.717, 1.165) is 0 Å². The van der Waals surface area contributed by atoms with Gasteiger partial charge < -0.3 is 34.6 Å². The van der Waals surface area contributed by atoms with Crippen LogP contribution in [0.4, 0.5) is 0 Å². The van der Waals surface area contributed by atoms with Crippen LogP contribution in [-0.4, -0.2) is 84.1 Å². The summed E-state index contributed by atoms with van der Waals surface area (Å²) < 4.78 is 15.4. The van der Waals surface area contributed by atoms with Crippen molar-refractivity contribution in [3.63, 3.8) is 0 Å². The summed E-state index contributed by atoms with van der Waals surface area (Å²) in [7, 11) is 0. The van der Waals surface area contributed by atoms with Crippen molar-refractivity contribution in [1.29, 1.82) is 0 Å². The standard InChI is InChI=1S/C10H19N3O7/c11-13-12-1-2-18-3-4-19-10-9(17)8(16)7(15)6(5-14)20-10/h6-10,14-17H,1-5H2/t6?,7-,8?,9-,10+/m1/s1. The smallest absolute Gasteiger partial charge is 0.186 e. The molecule has 10 nitrogen and oxygen atoms in total. The molecule has 0 saturated carbocycles. The molecule has 0 radical (unpaired) electrons. The summed E-state index contributed by atoms with van der Waals surface area (Å²) in [6, 6.07) is 0. The third kappa shape index (κ3) is 4.85. The molecule has 10 heteroatoms. The molecule has 0 aromatic rings. The summed E-state index contributed by atoms with van der Waals surface area (Å²) in [5, 5.41) is 41.0. The van der Waals surface area contributed by atoms with E-state index in [0.29, 0.717) is 0 Å². The normalized spacial score (nSPS) is 33.7. The number of rotatable bonds is 8. The van der Waals surface area contributed by atoms with Gasteiger partial charge in [0.05, 0.1) is 26.4 Å². The Morgan fingerprint density at radius 3 is 2.50 bits per heavy atom. The highest BCUT2D eigenvalue weighted by Gasteiger charge is 2.43. The molecule has 2 unspecified atom stereocenters. The minimum absolute atomic E-state index is 0.0684. The number of ether oxygens (including phenoxy) is 3. The summed E-state index contributed by atoms with van der Waals surface area (Å²) >= 11 is 0. The Morgan fingerprint density at radius 2 is 1.85 bits per heavy atom. The minimum atomic E-state index is -1.46. The van der Waals surface area contributed by atoms with E-state index in [-0.39, 0.29) is 26.4 Å². The van der Waals surface area contributed by atoms with E-state index < -0.39 is 37.3 Å². The van der Waals surface area contributed by atoms with Crippen molar-refractivity contribution in [2.24, 2.45) is 5.11 Å². The average molecular weight is 293 g/mol. The van der Waals surface area contributed by atoms with Crippen LogP contribution in [0, 0.1) is 0 Å². The van der Waals surface area contributed by atoms with Crippen LogP contribution in [0.3, 0.4) is 0 Å². The second-order valence-corrected chi connectivity index (χ2v) is 4.13. The second-order valence-electron chi connectivity index (χ2n) is 4.13. The fraction of sp³-hybridized carbons (Fsp3) is 1.00. The molecule has 0 amide bonds. The summed E-state index contributed by atoms with van der Waals surface area (Å²) in [5.41, 5.74) is 8.03.